The summed E-state index contributed by atoms with van der Waals surface area (Å²) in [5.74, 6) is -2.11. The van der Waals surface area contributed by atoms with Crippen molar-refractivity contribution in [1.29, 1.82) is 0 Å². The number of hydrogen-bond acceptors (Lipinski definition) is 3. The van der Waals surface area contributed by atoms with Crippen molar-refractivity contribution in [3.63, 3.8) is 0 Å². The van der Waals surface area contributed by atoms with Gasteiger partial charge in [-0.05, 0) is 17.7 Å². The zero-order valence-corrected chi connectivity index (χ0v) is 8.05. The van der Waals surface area contributed by atoms with E-state index >= 15 is 0 Å². The summed E-state index contributed by atoms with van der Waals surface area (Å²) in [5.41, 5.74) is 6.11. The van der Waals surface area contributed by atoms with Crippen molar-refractivity contribution in [2.45, 2.75) is 0 Å². The Kier molecular flexibility index (Phi) is 2.32. The van der Waals surface area contributed by atoms with Gasteiger partial charge in [0.2, 0.25) is 5.88 Å². The Morgan fingerprint density at radius 1 is 1.33 bits per heavy atom. The fourth-order valence-electron chi connectivity index (χ4n) is 1.18. The van der Waals surface area contributed by atoms with Crippen LogP contribution in [0.3, 0.4) is 0 Å². The van der Waals surface area contributed by atoms with Gasteiger partial charge in [-0.1, -0.05) is 16.8 Å². The standard InChI is InChI=1S/C9H5ClF2N2O/c10-6-1-4(2-7(11)8(6)12)5-3-14-15-9(5)13/h1-3H,13H2. The molecule has 0 atom stereocenters. The van der Waals surface area contributed by atoms with E-state index in [1.807, 2.05) is 0 Å². The van der Waals surface area contributed by atoms with Gasteiger partial charge in [-0.2, -0.15) is 0 Å². The number of anilines is 1. The van der Waals surface area contributed by atoms with Crippen molar-refractivity contribution in [3.8, 4) is 11.1 Å². The highest BCUT2D eigenvalue weighted by Crippen LogP contribution is 2.30. The van der Waals surface area contributed by atoms with Crippen LogP contribution in [-0.4, -0.2) is 5.16 Å². The highest BCUT2D eigenvalue weighted by atomic mass is 35.5. The maximum absolute atomic E-state index is 13.0. The van der Waals surface area contributed by atoms with Crippen molar-refractivity contribution in [2.75, 3.05) is 5.73 Å². The summed E-state index contributed by atoms with van der Waals surface area (Å²) >= 11 is 5.48. The zero-order valence-electron chi connectivity index (χ0n) is 7.30. The van der Waals surface area contributed by atoms with E-state index in [4.69, 9.17) is 17.3 Å². The lowest BCUT2D eigenvalue weighted by molar-refractivity contribution is 0.436. The molecular formula is C9H5ClF2N2O. The molecule has 1 aromatic heterocycles. The third kappa shape index (κ3) is 1.66. The molecule has 2 aromatic rings. The number of nitrogens with two attached hydrogens (primary N) is 1. The van der Waals surface area contributed by atoms with Gasteiger partial charge >= 0.3 is 0 Å². The molecule has 0 aliphatic carbocycles. The highest BCUT2D eigenvalue weighted by Gasteiger charge is 2.13. The van der Waals surface area contributed by atoms with Crippen molar-refractivity contribution in [1.82, 2.24) is 5.16 Å². The Morgan fingerprint density at radius 2 is 2.07 bits per heavy atom. The van der Waals surface area contributed by atoms with Crippen LogP contribution in [0.15, 0.2) is 22.9 Å². The van der Waals surface area contributed by atoms with E-state index in [9.17, 15) is 8.78 Å². The maximum Gasteiger partial charge on any atom is 0.229 e. The summed E-state index contributed by atoms with van der Waals surface area (Å²) in [6.07, 6.45) is 1.30. The van der Waals surface area contributed by atoms with Crippen molar-refractivity contribution >= 4 is 17.5 Å². The molecule has 2 rings (SSSR count). The molecule has 2 N–H and O–H groups in total. The van der Waals surface area contributed by atoms with Gasteiger partial charge in [0.25, 0.3) is 0 Å². The number of halogens is 3. The van der Waals surface area contributed by atoms with E-state index in [1.165, 1.54) is 12.3 Å². The van der Waals surface area contributed by atoms with E-state index in [1.54, 1.807) is 0 Å². The third-order valence-corrected chi connectivity index (χ3v) is 2.17. The van der Waals surface area contributed by atoms with Crippen LogP contribution in [-0.2, 0) is 0 Å². The van der Waals surface area contributed by atoms with Gasteiger partial charge < -0.3 is 10.3 Å². The second kappa shape index (κ2) is 3.51. The first-order valence-electron chi connectivity index (χ1n) is 3.94. The Bertz CT molecular complexity index is 490. The maximum atomic E-state index is 13.0. The first-order valence-corrected chi connectivity index (χ1v) is 4.32. The molecule has 1 aromatic carbocycles. The average molecular weight is 231 g/mol. The quantitative estimate of drug-likeness (QED) is 0.767. The van der Waals surface area contributed by atoms with Gasteiger partial charge in [-0.25, -0.2) is 8.78 Å². The molecule has 0 fully saturated rings. The zero-order chi connectivity index (χ0) is 11.0. The molecule has 0 spiro atoms. The molecule has 0 saturated heterocycles. The average Bonchev–Trinajstić information content (AvgIpc) is 2.60. The first-order chi connectivity index (χ1) is 7.09. The molecule has 0 amide bonds. The van der Waals surface area contributed by atoms with Crippen LogP contribution in [0, 0.1) is 11.6 Å². The Morgan fingerprint density at radius 3 is 2.60 bits per heavy atom. The fraction of sp³-hybridized carbons (Fsp3) is 0. The van der Waals surface area contributed by atoms with E-state index < -0.39 is 11.6 Å². The molecular weight excluding hydrogens is 226 g/mol. The van der Waals surface area contributed by atoms with Crippen LogP contribution in [0.25, 0.3) is 11.1 Å². The van der Waals surface area contributed by atoms with Gasteiger partial charge in [-0.3, -0.25) is 0 Å². The monoisotopic (exact) mass is 230 g/mol. The minimum absolute atomic E-state index is 0.0251. The normalized spacial score (nSPS) is 10.6. The topological polar surface area (TPSA) is 52.0 Å². The first kappa shape index (κ1) is 9.92. The molecule has 0 unspecified atom stereocenters. The number of aromatic nitrogens is 1. The number of benzene rings is 1. The van der Waals surface area contributed by atoms with Crippen molar-refractivity contribution < 1.29 is 13.3 Å². The minimum Gasteiger partial charge on any atom is -0.367 e. The van der Waals surface area contributed by atoms with Crippen LogP contribution in [0.4, 0.5) is 14.7 Å². The van der Waals surface area contributed by atoms with Crippen molar-refractivity contribution in [2.24, 2.45) is 0 Å². The molecule has 0 bridgehead atoms. The van der Waals surface area contributed by atoms with Gasteiger partial charge in [0.1, 0.15) is 0 Å². The second-order valence-corrected chi connectivity index (χ2v) is 3.26. The van der Waals surface area contributed by atoms with Gasteiger partial charge in [0.05, 0.1) is 16.8 Å². The van der Waals surface area contributed by atoms with E-state index in [0.29, 0.717) is 11.1 Å². The van der Waals surface area contributed by atoms with Gasteiger partial charge in [0.15, 0.2) is 11.6 Å². The smallest absolute Gasteiger partial charge is 0.229 e. The largest absolute Gasteiger partial charge is 0.367 e. The molecule has 6 heteroatoms. The van der Waals surface area contributed by atoms with Crippen molar-refractivity contribution in [3.05, 3.63) is 35.0 Å². The molecule has 0 saturated carbocycles. The Hall–Kier alpha value is -1.62. The molecule has 0 radical (unpaired) electrons. The summed E-state index contributed by atoms with van der Waals surface area (Å²) in [4.78, 5) is 0. The molecule has 15 heavy (non-hydrogen) atoms. The van der Waals surface area contributed by atoms with E-state index in [2.05, 4.69) is 9.68 Å². The van der Waals surface area contributed by atoms with Gasteiger partial charge in [-0.15, -0.1) is 0 Å². The summed E-state index contributed by atoms with van der Waals surface area (Å²) < 4.78 is 30.5. The SMILES string of the molecule is Nc1oncc1-c1cc(F)c(F)c(Cl)c1. The van der Waals surface area contributed by atoms with E-state index in [0.717, 1.165) is 6.07 Å². The third-order valence-electron chi connectivity index (χ3n) is 1.89. The molecule has 0 aliphatic heterocycles. The van der Waals surface area contributed by atoms with Crippen LogP contribution in [0.1, 0.15) is 0 Å². The number of nitrogens with zero attached hydrogens (tertiary/aromatic N) is 1. The lowest BCUT2D eigenvalue weighted by atomic mass is 10.1. The lowest BCUT2D eigenvalue weighted by Crippen LogP contribution is -1.89. The van der Waals surface area contributed by atoms with Crippen LogP contribution < -0.4 is 5.73 Å². The number of rotatable bonds is 1. The summed E-state index contributed by atoms with van der Waals surface area (Å²) in [5, 5.41) is 3.11. The fourth-order valence-corrected chi connectivity index (χ4v) is 1.38. The minimum atomic E-state index is -1.09. The summed E-state index contributed by atoms with van der Waals surface area (Å²) in [7, 11) is 0. The second-order valence-electron chi connectivity index (χ2n) is 2.86. The number of hydrogen-bond donors (Lipinski definition) is 1. The summed E-state index contributed by atoms with van der Waals surface area (Å²) in [6, 6.07) is 2.23. The van der Waals surface area contributed by atoms with Crippen LogP contribution in [0.5, 0.6) is 0 Å². The Labute approximate surface area is 88.4 Å². The van der Waals surface area contributed by atoms with Crippen LogP contribution >= 0.6 is 11.6 Å². The summed E-state index contributed by atoms with van der Waals surface area (Å²) in [6.45, 7) is 0. The van der Waals surface area contributed by atoms with E-state index in [-0.39, 0.29) is 10.9 Å². The predicted octanol–water partition coefficient (Wildman–Crippen LogP) is 2.86. The van der Waals surface area contributed by atoms with Gasteiger partial charge in [0, 0.05) is 0 Å². The predicted molar refractivity (Wildman–Crippen MR) is 51.3 cm³/mol. The van der Waals surface area contributed by atoms with Crippen LogP contribution in [0.2, 0.25) is 5.02 Å². The molecule has 78 valence electrons. The Balaban J connectivity index is 2.60. The number of nitrogen functional groups attached to an aromatic ring is 1. The molecule has 0 aliphatic rings. The molecule has 1 heterocycles. The highest BCUT2D eigenvalue weighted by molar-refractivity contribution is 6.31. The lowest BCUT2D eigenvalue weighted by Gasteiger charge is -2.01. The molecule has 3 nitrogen and oxygen atoms in total.